The largest absolute Gasteiger partial charge is 0.329 e. The number of rotatable bonds is 6. The van der Waals surface area contributed by atoms with Gasteiger partial charge >= 0.3 is 0 Å². The van der Waals surface area contributed by atoms with Crippen LogP contribution in [0.3, 0.4) is 0 Å². The summed E-state index contributed by atoms with van der Waals surface area (Å²) in [4.78, 5) is 24.8. The normalized spacial score (nSPS) is 20.5. The third kappa shape index (κ3) is 4.24. The Hall–Kier alpha value is -3.08. The molecule has 1 atom stereocenters. The molecule has 0 aromatic carbocycles. The fourth-order valence-electron chi connectivity index (χ4n) is 5.49. The molecule has 0 spiro atoms. The van der Waals surface area contributed by atoms with Gasteiger partial charge in [0.2, 0.25) is 17.0 Å². The number of carbonyl (C=O) groups is 1. The maximum atomic E-state index is 13.0. The van der Waals surface area contributed by atoms with Crippen molar-refractivity contribution in [3.63, 3.8) is 0 Å². The number of nitrogens with one attached hydrogen (secondary N) is 3. The molecule has 2 aliphatic carbocycles. The van der Waals surface area contributed by atoms with Crippen LogP contribution in [0.4, 0.5) is 22.7 Å². The van der Waals surface area contributed by atoms with Crippen LogP contribution in [0.1, 0.15) is 74.2 Å². The van der Waals surface area contributed by atoms with Crippen LogP contribution in [-0.4, -0.2) is 48.9 Å². The van der Waals surface area contributed by atoms with Gasteiger partial charge in [0, 0.05) is 29.8 Å². The van der Waals surface area contributed by atoms with Crippen molar-refractivity contribution in [1.82, 2.24) is 30.4 Å². The second-order valence-corrected chi connectivity index (χ2v) is 10.2. The lowest BCUT2D eigenvalue weighted by Crippen LogP contribution is -2.40. The van der Waals surface area contributed by atoms with Gasteiger partial charge in [-0.25, -0.2) is 4.98 Å². The lowest BCUT2D eigenvalue weighted by molar-refractivity contribution is -0.117. The molecular formula is C23H29N9OS. The van der Waals surface area contributed by atoms with Crippen LogP contribution in [0, 0.1) is 0 Å². The number of aromatic amines is 1. The molecule has 1 saturated heterocycles. The highest BCUT2D eigenvalue weighted by molar-refractivity contribution is 7.13. The average Bonchev–Trinajstić information content (AvgIpc) is 3.67. The lowest BCUT2D eigenvalue weighted by atomic mass is 9.87. The standard InChI is InChI=1S/C23H29N9OS/c33-21(28-23-31-24-13-34-23)18-10-5-11-32(18)22-25-16-9-4-8-15(16)20(27-22)26-19-12-17(29-30-19)14-6-2-1-3-7-14/h12-14,18H,1-11H2,(H,28,31,33)(H2,25,26,27,29,30)/t18-/m1/s1. The Morgan fingerprint density at radius 2 is 2.00 bits per heavy atom. The molecule has 1 amide bonds. The van der Waals surface area contributed by atoms with E-state index >= 15 is 0 Å². The first-order valence-corrected chi connectivity index (χ1v) is 13.2. The number of aromatic nitrogens is 6. The van der Waals surface area contributed by atoms with Gasteiger partial charge in [-0.15, -0.1) is 10.2 Å². The summed E-state index contributed by atoms with van der Waals surface area (Å²) in [6.45, 7) is 0.751. The minimum atomic E-state index is -0.320. The van der Waals surface area contributed by atoms with E-state index in [1.807, 2.05) is 4.90 Å². The Morgan fingerprint density at radius 3 is 2.85 bits per heavy atom. The lowest BCUT2D eigenvalue weighted by Gasteiger charge is -2.24. The molecule has 2 fully saturated rings. The van der Waals surface area contributed by atoms with Crippen molar-refractivity contribution in [2.24, 2.45) is 0 Å². The maximum Gasteiger partial charge on any atom is 0.249 e. The van der Waals surface area contributed by atoms with E-state index in [9.17, 15) is 4.79 Å². The van der Waals surface area contributed by atoms with Crippen molar-refractivity contribution in [1.29, 1.82) is 0 Å². The molecule has 4 heterocycles. The Bertz CT molecular complexity index is 1160. The highest BCUT2D eigenvalue weighted by atomic mass is 32.1. The molecule has 6 rings (SSSR count). The van der Waals surface area contributed by atoms with Crippen LogP contribution in [0.2, 0.25) is 0 Å². The van der Waals surface area contributed by atoms with E-state index in [-0.39, 0.29) is 11.9 Å². The summed E-state index contributed by atoms with van der Waals surface area (Å²) in [7, 11) is 0. The SMILES string of the molecule is O=C(Nc1nncs1)[C@H]1CCCN1c1nc2c(c(Nc3cc(C4CCCCC4)[nH]n3)n1)CCC2. The number of aryl methyl sites for hydroxylation is 1. The molecule has 3 aliphatic rings. The van der Waals surface area contributed by atoms with Gasteiger partial charge in [-0.2, -0.15) is 10.1 Å². The molecule has 11 heteroatoms. The van der Waals surface area contributed by atoms with Gasteiger partial charge in [0.15, 0.2) is 5.82 Å². The predicted molar refractivity (Wildman–Crippen MR) is 131 cm³/mol. The van der Waals surface area contributed by atoms with Crippen molar-refractivity contribution in [3.8, 4) is 0 Å². The second kappa shape index (κ2) is 9.28. The molecule has 3 aromatic heterocycles. The van der Waals surface area contributed by atoms with Crippen molar-refractivity contribution in [2.45, 2.75) is 76.2 Å². The molecule has 34 heavy (non-hydrogen) atoms. The number of hydrogen-bond donors (Lipinski definition) is 3. The molecule has 1 saturated carbocycles. The van der Waals surface area contributed by atoms with E-state index in [2.05, 4.69) is 37.1 Å². The zero-order chi connectivity index (χ0) is 22.9. The maximum absolute atomic E-state index is 13.0. The first-order chi connectivity index (χ1) is 16.7. The number of hydrogen-bond acceptors (Lipinski definition) is 9. The highest BCUT2D eigenvalue weighted by Crippen LogP contribution is 2.35. The summed E-state index contributed by atoms with van der Waals surface area (Å²) in [5.41, 5.74) is 5.06. The van der Waals surface area contributed by atoms with Crippen LogP contribution in [-0.2, 0) is 17.6 Å². The first kappa shape index (κ1) is 21.5. The van der Waals surface area contributed by atoms with E-state index in [4.69, 9.17) is 9.97 Å². The number of H-pyrrole nitrogens is 1. The predicted octanol–water partition coefficient (Wildman–Crippen LogP) is 3.94. The number of anilines is 4. The third-order valence-corrected chi connectivity index (χ3v) is 7.82. The van der Waals surface area contributed by atoms with Crippen molar-refractivity contribution >= 4 is 40.0 Å². The summed E-state index contributed by atoms with van der Waals surface area (Å²) in [6, 6.07) is 1.81. The molecule has 3 N–H and O–H groups in total. The van der Waals surface area contributed by atoms with Gasteiger partial charge in [0.05, 0.1) is 5.69 Å². The zero-order valence-corrected chi connectivity index (χ0v) is 19.9. The topological polar surface area (TPSA) is 125 Å². The number of carbonyl (C=O) groups excluding carboxylic acids is 1. The molecule has 0 bridgehead atoms. The summed E-state index contributed by atoms with van der Waals surface area (Å²) >= 11 is 1.32. The highest BCUT2D eigenvalue weighted by Gasteiger charge is 2.34. The van der Waals surface area contributed by atoms with Crippen LogP contribution < -0.4 is 15.5 Å². The van der Waals surface area contributed by atoms with Gasteiger partial charge < -0.3 is 10.2 Å². The number of amides is 1. The van der Waals surface area contributed by atoms with Crippen LogP contribution in [0.25, 0.3) is 0 Å². The molecule has 0 radical (unpaired) electrons. The van der Waals surface area contributed by atoms with Crippen molar-refractivity contribution < 1.29 is 4.79 Å². The molecule has 1 aliphatic heterocycles. The van der Waals surface area contributed by atoms with Crippen molar-refractivity contribution in [3.05, 3.63) is 28.5 Å². The van der Waals surface area contributed by atoms with Crippen LogP contribution in [0.5, 0.6) is 0 Å². The molecule has 10 nitrogen and oxygen atoms in total. The average molecular weight is 480 g/mol. The van der Waals surface area contributed by atoms with E-state index in [0.717, 1.165) is 56.0 Å². The van der Waals surface area contributed by atoms with E-state index in [1.165, 1.54) is 54.7 Å². The minimum Gasteiger partial charge on any atom is -0.329 e. The monoisotopic (exact) mass is 479 g/mol. The van der Waals surface area contributed by atoms with E-state index < -0.39 is 0 Å². The van der Waals surface area contributed by atoms with Gasteiger partial charge in [-0.05, 0) is 44.9 Å². The molecule has 3 aromatic rings. The Kier molecular flexibility index (Phi) is 5.86. The first-order valence-electron chi connectivity index (χ1n) is 12.3. The van der Waals surface area contributed by atoms with Crippen LogP contribution >= 0.6 is 11.3 Å². The Morgan fingerprint density at radius 1 is 1.09 bits per heavy atom. The molecule has 178 valence electrons. The number of nitrogens with zero attached hydrogens (tertiary/aromatic N) is 6. The quantitative estimate of drug-likeness (QED) is 0.486. The van der Waals surface area contributed by atoms with E-state index in [0.29, 0.717) is 17.0 Å². The third-order valence-electron chi connectivity index (χ3n) is 7.21. The fourth-order valence-corrected chi connectivity index (χ4v) is 5.94. The summed E-state index contributed by atoms with van der Waals surface area (Å²) in [6.07, 6.45) is 11.0. The second-order valence-electron chi connectivity index (χ2n) is 9.40. The fraction of sp³-hybridized carbons (Fsp3) is 0.565. The smallest absolute Gasteiger partial charge is 0.249 e. The van der Waals surface area contributed by atoms with Gasteiger partial charge in [-0.3, -0.25) is 15.2 Å². The minimum absolute atomic E-state index is 0.0858. The number of fused-ring (bicyclic) bond motifs is 1. The summed E-state index contributed by atoms with van der Waals surface area (Å²) in [5, 5.41) is 22.4. The summed E-state index contributed by atoms with van der Waals surface area (Å²) in [5.74, 6) is 2.71. The molecule has 0 unspecified atom stereocenters. The molecular weight excluding hydrogens is 450 g/mol. The summed E-state index contributed by atoms with van der Waals surface area (Å²) < 4.78 is 0. The van der Waals surface area contributed by atoms with E-state index in [1.54, 1.807) is 5.51 Å². The van der Waals surface area contributed by atoms with Crippen molar-refractivity contribution in [2.75, 3.05) is 22.1 Å². The van der Waals surface area contributed by atoms with Gasteiger partial charge in [-0.1, -0.05) is 30.6 Å². The Balaban J connectivity index is 1.24. The van der Waals surface area contributed by atoms with Crippen LogP contribution in [0.15, 0.2) is 11.6 Å². The van der Waals surface area contributed by atoms with Gasteiger partial charge in [0.25, 0.3) is 0 Å². The Labute approximate surface area is 202 Å². The zero-order valence-electron chi connectivity index (χ0n) is 19.1. The van der Waals surface area contributed by atoms with Gasteiger partial charge in [0.1, 0.15) is 17.4 Å².